The van der Waals surface area contributed by atoms with Gasteiger partial charge in [0, 0.05) is 18.7 Å². The highest BCUT2D eigenvalue weighted by molar-refractivity contribution is 5.93. The molecule has 0 saturated heterocycles. The fourth-order valence-electron chi connectivity index (χ4n) is 4.39. The van der Waals surface area contributed by atoms with E-state index in [-0.39, 0.29) is 30.2 Å². The normalized spacial score (nSPS) is 12.4. The van der Waals surface area contributed by atoms with E-state index < -0.39 is 29.8 Å². The van der Waals surface area contributed by atoms with Crippen molar-refractivity contribution in [1.29, 1.82) is 0 Å². The van der Waals surface area contributed by atoms with Crippen molar-refractivity contribution in [3.05, 3.63) is 118 Å². The maximum atomic E-state index is 13.2. The van der Waals surface area contributed by atoms with E-state index in [9.17, 15) is 19.5 Å². The zero-order valence-corrected chi connectivity index (χ0v) is 22.7. The summed E-state index contributed by atoms with van der Waals surface area (Å²) >= 11 is 0. The maximum Gasteiger partial charge on any atom is 0.519 e. The highest BCUT2D eigenvalue weighted by Gasteiger charge is 2.26. The van der Waals surface area contributed by atoms with Crippen molar-refractivity contribution < 1.29 is 28.3 Å². The van der Waals surface area contributed by atoms with Gasteiger partial charge in [-0.1, -0.05) is 60.7 Å². The number of aryl methyl sites for hydroxylation is 1. The van der Waals surface area contributed by atoms with Crippen molar-refractivity contribution in [1.82, 2.24) is 20.5 Å². The van der Waals surface area contributed by atoms with E-state index in [2.05, 4.69) is 20.5 Å². The number of pyridine rings is 1. The summed E-state index contributed by atoms with van der Waals surface area (Å²) in [6.07, 6.45) is 0.247. The molecular weight excluding hydrogens is 540 g/mol. The van der Waals surface area contributed by atoms with Crippen LogP contribution in [0.2, 0.25) is 0 Å². The van der Waals surface area contributed by atoms with Crippen molar-refractivity contribution in [2.24, 2.45) is 0 Å². The van der Waals surface area contributed by atoms with Crippen LogP contribution >= 0.6 is 0 Å². The first-order valence-corrected chi connectivity index (χ1v) is 13.2. The summed E-state index contributed by atoms with van der Waals surface area (Å²) in [5, 5.41) is 20.5. The van der Waals surface area contributed by atoms with Crippen LogP contribution in [0.1, 0.15) is 34.0 Å². The second-order valence-corrected chi connectivity index (χ2v) is 9.61. The predicted octanol–water partition coefficient (Wildman–Crippen LogP) is 3.83. The maximum absolute atomic E-state index is 13.2. The average molecular weight is 569 g/mol. The summed E-state index contributed by atoms with van der Waals surface area (Å²) in [7, 11) is 0. The van der Waals surface area contributed by atoms with Gasteiger partial charge in [-0.05, 0) is 48.2 Å². The third-order valence-electron chi connectivity index (χ3n) is 6.59. The molecule has 0 aliphatic rings. The number of benzene rings is 2. The molecular formula is C31H28N4O7. The molecule has 11 nitrogen and oxygen atoms in total. The van der Waals surface area contributed by atoms with Gasteiger partial charge in [-0.2, -0.15) is 5.10 Å². The van der Waals surface area contributed by atoms with Gasteiger partial charge in [0.2, 0.25) is 0 Å². The SMILES string of the molecule is Cc1oc(=O)oc1COC(=O)[C@H](O)C[C@@H](Cc1ccc(-c2ccccc2)cc1)NC(=O)c1cc(-c2ccccn2)n[nH]1. The lowest BCUT2D eigenvalue weighted by Crippen LogP contribution is -2.41. The van der Waals surface area contributed by atoms with E-state index in [0.717, 1.165) is 16.7 Å². The summed E-state index contributed by atoms with van der Waals surface area (Å²) in [5.74, 6) is -2.09. The van der Waals surface area contributed by atoms with Crippen LogP contribution in [0.4, 0.5) is 0 Å². The Labute approximate surface area is 240 Å². The van der Waals surface area contributed by atoms with Gasteiger partial charge in [0.1, 0.15) is 11.4 Å². The molecule has 0 spiro atoms. The lowest BCUT2D eigenvalue weighted by molar-refractivity contribution is -0.156. The third-order valence-corrected chi connectivity index (χ3v) is 6.59. The van der Waals surface area contributed by atoms with Gasteiger partial charge in [0.25, 0.3) is 5.91 Å². The van der Waals surface area contributed by atoms with Crippen molar-refractivity contribution in [2.75, 3.05) is 0 Å². The van der Waals surface area contributed by atoms with Crippen LogP contribution in [0.3, 0.4) is 0 Å². The number of aromatic nitrogens is 3. The smallest absolute Gasteiger partial charge is 0.455 e. The molecule has 214 valence electrons. The van der Waals surface area contributed by atoms with Gasteiger partial charge >= 0.3 is 11.8 Å². The Bertz CT molecular complexity index is 1690. The number of amides is 1. The second-order valence-electron chi connectivity index (χ2n) is 9.61. The molecule has 0 aliphatic heterocycles. The number of aliphatic hydroxyl groups excluding tert-OH is 1. The number of nitrogens with one attached hydrogen (secondary N) is 2. The Kier molecular flexibility index (Phi) is 8.69. The molecule has 0 aliphatic carbocycles. The first-order valence-electron chi connectivity index (χ1n) is 13.2. The van der Waals surface area contributed by atoms with E-state index in [0.29, 0.717) is 17.8 Å². The van der Waals surface area contributed by atoms with E-state index in [1.807, 2.05) is 60.7 Å². The minimum Gasteiger partial charge on any atom is -0.455 e. The number of aliphatic hydroxyl groups is 1. The van der Waals surface area contributed by atoms with Crippen LogP contribution in [0.25, 0.3) is 22.5 Å². The second kappa shape index (κ2) is 12.9. The molecule has 0 saturated carbocycles. The van der Waals surface area contributed by atoms with Crippen molar-refractivity contribution >= 4 is 11.9 Å². The molecule has 2 atom stereocenters. The number of aromatic amines is 1. The molecule has 0 radical (unpaired) electrons. The first-order chi connectivity index (χ1) is 20.4. The number of ether oxygens (including phenoxy) is 1. The van der Waals surface area contributed by atoms with Crippen LogP contribution in [0.15, 0.2) is 98.7 Å². The Morgan fingerprint density at radius 1 is 0.976 bits per heavy atom. The Balaban J connectivity index is 1.29. The number of carbonyl (C=O) groups is 2. The minimum atomic E-state index is -1.57. The summed E-state index contributed by atoms with van der Waals surface area (Å²) in [5.41, 5.74) is 4.28. The molecule has 11 heteroatoms. The van der Waals surface area contributed by atoms with E-state index in [1.165, 1.54) is 6.92 Å². The van der Waals surface area contributed by atoms with Crippen LogP contribution in [-0.4, -0.2) is 44.3 Å². The predicted molar refractivity (Wildman–Crippen MR) is 151 cm³/mol. The average Bonchev–Trinajstić information content (AvgIpc) is 3.63. The standard InChI is InChI=1S/C31H28N4O7/c1-19-28(42-31(39)41-19)18-40-30(38)27(36)16-23(15-20-10-12-22(13-11-20)21-7-3-2-4-8-21)33-29(37)26-17-25(34-35-26)24-9-5-6-14-32-24/h2-14,17,23,27,36H,15-16,18H2,1H3,(H,33,37)(H,34,35)/t23-,27-/m1/s1. The van der Waals surface area contributed by atoms with E-state index in [4.69, 9.17) is 13.6 Å². The van der Waals surface area contributed by atoms with Crippen molar-refractivity contribution in [3.63, 3.8) is 0 Å². The lowest BCUT2D eigenvalue weighted by Gasteiger charge is -2.21. The summed E-state index contributed by atoms with van der Waals surface area (Å²) in [6, 6.07) is 24.0. The van der Waals surface area contributed by atoms with Gasteiger partial charge in [-0.3, -0.25) is 14.9 Å². The summed E-state index contributed by atoms with van der Waals surface area (Å²) < 4.78 is 14.7. The molecule has 0 bridgehead atoms. The first kappa shape index (κ1) is 28.2. The van der Waals surface area contributed by atoms with Crippen molar-refractivity contribution in [3.8, 4) is 22.5 Å². The minimum absolute atomic E-state index is 0.0480. The van der Waals surface area contributed by atoms with Gasteiger partial charge in [0.15, 0.2) is 24.2 Å². The molecule has 5 rings (SSSR count). The van der Waals surface area contributed by atoms with Crippen LogP contribution < -0.4 is 11.1 Å². The monoisotopic (exact) mass is 568 g/mol. The summed E-state index contributed by atoms with van der Waals surface area (Å²) in [6.45, 7) is 1.11. The van der Waals surface area contributed by atoms with Crippen LogP contribution in [-0.2, 0) is 22.6 Å². The zero-order valence-electron chi connectivity index (χ0n) is 22.7. The Morgan fingerprint density at radius 3 is 2.40 bits per heavy atom. The molecule has 42 heavy (non-hydrogen) atoms. The van der Waals surface area contributed by atoms with Gasteiger partial charge < -0.3 is 24.0 Å². The number of rotatable bonds is 11. The molecule has 1 amide bonds. The Hall–Kier alpha value is -5.29. The fraction of sp³-hybridized carbons (Fsp3) is 0.194. The number of H-pyrrole nitrogens is 1. The topological polar surface area (TPSA) is 161 Å². The number of esters is 1. The van der Waals surface area contributed by atoms with Gasteiger partial charge in [-0.25, -0.2) is 9.59 Å². The zero-order chi connectivity index (χ0) is 29.5. The Morgan fingerprint density at radius 2 is 1.71 bits per heavy atom. The molecule has 3 aromatic heterocycles. The van der Waals surface area contributed by atoms with Crippen LogP contribution in [0, 0.1) is 6.92 Å². The highest BCUT2D eigenvalue weighted by Crippen LogP contribution is 2.21. The molecule has 2 aromatic carbocycles. The fourth-order valence-corrected chi connectivity index (χ4v) is 4.39. The molecule has 0 fully saturated rings. The number of nitrogens with zero attached hydrogens (tertiary/aromatic N) is 2. The largest absolute Gasteiger partial charge is 0.519 e. The lowest BCUT2D eigenvalue weighted by atomic mass is 9.97. The van der Waals surface area contributed by atoms with E-state index in [1.54, 1.807) is 24.4 Å². The van der Waals surface area contributed by atoms with E-state index >= 15 is 0 Å². The number of hydrogen-bond donors (Lipinski definition) is 3. The van der Waals surface area contributed by atoms with Gasteiger partial charge in [0.05, 0.1) is 5.69 Å². The molecule has 3 heterocycles. The number of carbonyl (C=O) groups excluding carboxylic acids is 2. The molecule has 3 N–H and O–H groups in total. The van der Waals surface area contributed by atoms with Gasteiger partial charge in [-0.15, -0.1) is 0 Å². The highest BCUT2D eigenvalue weighted by atomic mass is 16.6. The molecule has 0 unspecified atom stereocenters. The summed E-state index contributed by atoms with van der Waals surface area (Å²) in [4.78, 5) is 41.2. The van der Waals surface area contributed by atoms with Crippen LogP contribution in [0.5, 0.6) is 0 Å². The quantitative estimate of drug-likeness (QED) is 0.201. The third kappa shape index (κ3) is 7.07. The number of hydrogen-bond acceptors (Lipinski definition) is 9. The molecule has 5 aromatic rings. The van der Waals surface area contributed by atoms with Crippen molar-refractivity contribution in [2.45, 2.75) is 38.5 Å².